The summed E-state index contributed by atoms with van der Waals surface area (Å²) in [5.74, 6) is -1.43. The molecule has 7 N–H and O–H groups in total. The summed E-state index contributed by atoms with van der Waals surface area (Å²) in [4.78, 5) is 36.7. The number of carboxylic acids is 1. The first-order valence-electron chi connectivity index (χ1n) is 9.71. The van der Waals surface area contributed by atoms with Crippen molar-refractivity contribution in [1.29, 1.82) is 0 Å². The predicted octanol–water partition coefficient (Wildman–Crippen LogP) is 0.493. The van der Waals surface area contributed by atoms with E-state index in [1.165, 1.54) is 11.8 Å². The molecule has 1 aromatic rings. The molecule has 0 bridgehead atoms. The second kappa shape index (κ2) is 14.0. The van der Waals surface area contributed by atoms with Crippen LogP contribution in [-0.2, 0) is 20.8 Å². The number of hydrogen-bond acceptors (Lipinski definition) is 6. The van der Waals surface area contributed by atoms with E-state index in [4.69, 9.17) is 11.5 Å². The molecule has 3 atom stereocenters. The lowest BCUT2D eigenvalue weighted by atomic mass is 10.0. The molecule has 9 heteroatoms. The summed E-state index contributed by atoms with van der Waals surface area (Å²) < 4.78 is 0. The Morgan fingerprint density at radius 2 is 1.69 bits per heavy atom. The van der Waals surface area contributed by atoms with Crippen LogP contribution in [0.2, 0.25) is 0 Å². The summed E-state index contributed by atoms with van der Waals surface area (Å²) in [6.07, 6.45) is 4.41. The van der Waals surface area contributed by atoms with Gasteiger partial charge in [-0.25, -0.2) is 4.79 Å². The Bertz CT molecular complexity index is 645. The first kappa shape index (κ1) is 24.9. The second-order valence-corrected chi connectivity index (χ2v) is 7.81. The third-order valence-electron chi connectivity index (χ3n) is 4.45. The Morgan fingerprint density at radius 1 is 1.03 bits per heavy atom. The van der Waals surface area contributed by atoms with Crippen molar-refractivity contribution in [3.63, 3.8) is 0 Å². The van der Waals surface area contributed by atoms with Crippen molar-refractivity contribution in [2.75, 3.05) is 18.6 Å². The number of nitrogens with two attached hydrogens (primary N) is 2. The van der Waals surface area contributed by atoms with Gasteiger partial charge in [0.15, 0.2) is 0 Å². The van der Waals surface area contributed by atoms with Gasteiger partial charge in [0.25, 0.3) is 0 Å². The summed E-state index contributed by atoms with van der Waals surface area (Å²) in [5.41, 5.74) is 12.1. The smallest absolute Gasteiger partial charge is 0.326 e. The van der Waals surface area contributed by atoms with E-state index < -0.39 is 35.9 Å². The number of aliphatic carboxylic acids is 1. The maximum atomic E-state index is 12.7. The topological polar surface area (TPSA) is 148 Å². The van der Waals surface area contributed by atoms with Gasteiger partial charge in [-0.2, -0.15) is 11.8 Å². The van der Waals surface area contributed by atoms with E-state index in [-0.39, 0.29) is 6.42 Å². The van der Waals surface area contributed by atoms with E-state index in [0.717, 1.165) is 18.4 Å². The molecule has 0 aliphatic heterocycles. The van der Waals surface area contributed by atoms with Crippen molar-refractivity contribution in [1.82, 2.24) is 10.6 Å². The molecule has 1 rings (SSSR count). The monoisotopic (exact) mass is 424 g/mol. The maximum Gasteiger partial charge on any atom is 0.326 e. The molecule has 162 valence electrons. The van der Waals surface area contributed by atoms with E-state index in [2.05, 4.69) is 10.6 Å². The van der Waals surface area contributed by atoms with Crippen LogP contribution in [0.4, 0.5) is 0 Å². The van der Waals surface area contributed by atoms with Crippen LogP contribution in [0.25, 0.3) is 0 Å². The highest BCUT2D eigenvalue weighted by atomic mass is 32.2. The van der Waals surface area contributed by atoms with E-state index in [1.807, 2.05) is 24.5 Å². The van der Waals surface area contributed by atoms with Gasteiger partial charge >= 0.3 is 5.97 Å². The van der Waals surface area contributed by atoms with E-state index >= 15 is 0 Å². The number of amides is 2. The van der Waals surface area contributed by atoms with Crippen LogP contribution < -0.4 is 22.1 Å². The van der Waals surface area contributed by atoms with Crippen molar-refractivity contribution in [3.8, 4) is 0 Å². The number of carboxylic acid groups (broad SMARTS) is 1. The molecule has 1 aromatic carbocycles. The van der Waals surface area contributed by atoms with Crippen molar-refractivity contribution >= 4 is 29.5 Å². The number of benzene rings is 1. The van der Waals surface area contributed by atoms with E-state index in [9.17, 15) is 19.5 Å². The molecule has 0 aliphatic carbocycles. The van der Waals surface area contributed by atoms with Gasteiger partial charge in [-0.3, -0.25) is 9.59 Å². The fraction of sp³-hybridized carbons (Fsp3) is 0.550. The fourth-order valence-corrected chi connectivity index (χ4v) is 3.22. The Balaban J connectivity index is 2.74. The quantitative estimate of drug-likeness (QED) is 0.273. The number of hydrogen-bond donors (Lipinski definition) is 5. The third-order valence-corrected chi connectivity index (χ3v) is 5.09. The molecule has 8 nitrogen and oxygen atoms in total. The molecule has 2 amide bonds. The van der Waals surface area contributed by atoms with Crippen LogP contribution in [0.15, 0.2) is 30.3 Å². The zero-order valence-corrected chi connectivity index (χ0v) is 17.6. The molecular weight excluding hydrogens is 392 g/mol. The number of rotatable bonds is 14. The average Bonchev–Trinajstić information content (AvgIpc) is 2.71. The van der Waals surface area contributed by atoms with Gasteiger partial charge < -0.3 is 27.2 Å². The number of nitrogens with one attached hydrogen (secondary N) is 2. The molecule has 0 aliphatic rings. The fourth-order valence-electron chi connectivity index (χ4n) is 2.75. The molecule has 0 saturated heterocycles. The molecular formula is C20H32N4O4S. The number of carbonyl (C=O) groups excluding carboxylic acids is 2. The van der Waals surface area contributed by atoms with Crippen LogP contribution in [0, 0.1) is 0 Å². The average molecular weight is 425 g/mol. The Morgan fingerprint density at radius 3 is 2.28 bits per heavy atom. The lowest BCUT2D eigenvalue weighted by Crippen LogP contribution is -2.55. The highest BCUT2D eigenvalue weighted by Crippen LogP contribution is 2.07. The normalized spacial score (nSPS) is 13.9. The Labute approximate surface area is 176 Å². The highest BCUT2D eigenvalue weighted by Gasteiger charge is 2.27. The molecule has 29 heavy (non-hydrogen) atoms. The van der Waals surface area contributed by atoms with E-state index in [1.54, 1.807) is 12.1 Å². The lowest BCUT2D eigenvalue weighted by Gasteiger charge is -2.23. The van der Waals surface area contributed by atoms with Gasteiger partial charge in [-0.1, -0.05) is 36.8 Å². The number of carbonyl (C=O) groups is 3. The van der Waals surface area contributed by atoms with Gasteiger partial charge in [0, 0.05) is 6.42 Å². The SMILES string of the molecule is CSCCC(NC(=O)C(N)CCCCN)C(=O)NC(Cc1ccccc1)C(=O)O. The van der Waals surface area contributed by atoms with Crippen molar-refractivity contribution in [2.24, 2.45) is 11.5 Å². The molecule has 0 fully saturated rings. The Kier molecular flexibility index (Phi) is 12.0. The van der Waals surface area contributed by atoms with Crippen LogP contribution in [0.3, 0.4) is 0 Å². The van der Waals surface area contributed by atoms with Crippen molar-refractivity contribution < 1.29 is 19.5 Å². The van der Waals surface area contributed by atoms with Crippen molar-refractivity contribution in [2.45, 2.75) is 50.2 Å². The molecule has 0 heterocycles. The minimum atomic E-state index is -1.13. The summed E-state index contributed by atoms with van der Waals surface area (Å²) in [5, 5.41) is 14.7. The molecule has 0 spiro atoms. The van der Waals surface area contributed by atoms with Gasteiger partial charge in [0.2, 0.25) is 11.8 Å². The van der Waals surface area contributed by atoms with Crippen LogP contribution in [0.5, 0.6) is 0 Å². The third kappa shape index (κ3) is 9.78. The van der Waals surface area contributed by atoms with Crippen molar-refractivity contribution in [3.05, 3.63) is 35.9 Å². The first-order valence-corrected chi connectivity index (χ1v) is 11.1. The minimum absolute atomic E-state index is 0.156. The molecule has 0 aromatic heterocycles. The second-order valence-electron chi connectivity index (χ2n) is 6.82. The maximum absolute atomic E-state index is 12.7. The highest BCUT2D eigenvalue weighted by molar-refractivity contribution is 7.98. The predicted molar refractivity (Wildman–Crippen MR) is 116 cm³/mol. The minimum Gasteiger partial charge on any atom is -0.480 e. The standard InChI is InChI=1S/C20H32N4O4S/c1-29-12-10-16(23-18(25)15(22)9-5-6-11-21)19(26)24-17(20(27)28)13-14-7-3-2-4-8-14/h2-4,7-8,15-17H,5-6,9-13,21-22H2,1H3,(H,23,25)(H,24,26)(H,27,28). The summed E-state index contributed by atoms with van der Waals surface area (Å²) >= 11 is 1.53. The van der Waals surface area contributed by atoms with E-state index in [0.29, 0.717) is 25.1 Å². The number of thioether (sulfide) groups is 1. The zero-order valence-electron chi connectivity index (χ0n) is 16.8. The lowest BCUT2D eigenvalue weighted by molar-refractivity contribution is -0.142. The Hall–Kier alpha value is -2.10. The summed E-state index contributed by atoms with van der Waals surface area (Å²) in [6, 6.07) is 6.40. The largest absolute Gasteiger partial charge is 0.480 e. The summed E-state index contributed by atoms with van der Waals surface area (Å²) in [7, 11) is 0. The van der Waals surface area contributed by atoms with Crippen LogP contribution in [0.1, 0.15) is 31.2 Å². The number of unbranched alkanes of at least 4 members (excludes halogenated alkanes) is 1. The van der Waals surface area contributed by atoms with Gasteiger partial charge in [0.1, 0.15) is 12.1 Å². The molecule has 0 saturated carbocycles. The van der Waals surface area contributed by atoms with Gasteiger partial charge in [-0.05, 0) is 43.4 Å². The van der Waals surface area contributed by atoms with Gasteiger partial charge in [0.05, 0.1) is 6.04 Å². The summed E-state index contributed by atoms with van der Waals surface area (Å²) in [6.45, 7) is 0.533. The molecule has 3 unspecified atom stereocenters. The van der Waals surface area contributed by atoms with Gasteiger partial charge in [-0.15, -0.1) is 0 Å². The molecule has 0 radical (unpaired) electrons. The first-order chi connectivity index (χ1) is 13.9. The zero-order chi connectivity index (χ0) is 21.6. The van der Waals surface area contributed by atoms with Crippen LogP contribution >= 0.6 is 11.8 Å². The van der Waals surface area contributed by atoms with Crippen LogP contribution in [-0.4, -0.2) is 59.6 Å².